The molecule has 2 aromatic carbocycles. The van der Waals surface area contributed by atoms with Gasteiger partial charge in [0.2, 0.25) is 11.8 Å². The average Bonchev–Trinajstić information content (AvgIpc) is 3.50. The van der Waals surface area contributed by atoms with E-state index in [9.17, 15) is 27.2 Å². The molecule has 0 spiro atoms. The zero-order valence-corrected chi connectivity index (χ0v) is 17.9. The number of alkyl halides is 3. The van der Waals surface area contributed by atoms with Gasteiger partial charge in [0.15, 0.2) is 5.17 Å². The summed E-state index contributed by atoms with van der Waals surface area (Å²) in [7, 11) is 0. The van der Waals surface area contributed by atoms with Crippen LogP contribution in [-0.4, -0.2) is 33.2 Å². The molecule has 1 saturated heterocycles. The van der Waals surface area contributed by atoms with Crippen LogP contribution in [0.15, 0.2) is 47.5 Å². The highest BCUT2D eigenvalue weighted by Gasteiger charge is 2.46. The molecule has 4 rings (SSSR count). The molecule has 2 fully saturated rings. The summed E-state index contributed by atoms with van der Waals surface area (Å²) in [6.07, 6.45) is -3.22. The molecule has 168 valence electrons. The maximum atomic E-state index is 13.1. The number of carbonyl (C=O) groups excluding carboxylic acids is 2. The van der Waals surface area contributed by atoms with E-state index in [1.807, 2.05) is 0 Å². The van der Waals surface area contributed by atoms with E-state index in [1.54, 1.807) is 4.90 Å². The molecule has 0 unspecified atom stereocenters. The lowest BCUT2D eigenvalue weighted by molar-refractivity contribution is -0.137. The Kier molecular flexibility index (Phi) is 6.17. The largest absolute Gasteiger partial charge is 0.416 e. The third-order valence-corrected chi connectivity index (χ3v) is 6.35. The first-order valence-electron chi connectivity index (χ1n) is 9.62. The minimum atomic E-state index is -4.59. The lowest BCUT2D eigenvalue weighted by atomic mass is 10.2. The molecular weight excluding hydrogens is 470 g/mol. The Labute approximate surface area is 189 Å². The summed E-state index contributed by atoms with van der Waals surface area (Å²) in [5, 5.41) is 1.96. The van der Waals surface area contributed by atoms with Crippen molar-refractivity contribution in [3.05, 3.63) is 58.9 Å². The smallest absolute Gasteiger partial charge is 0.325 e. The minimum absolute atomic E-state index is 0.000158. The van der Waals surface area contributed by atoms with Crippen LogP contribution >= 0.6 is 23.4 Å². The van der Waals surface area contributed by atoms with Crippen LogP contribution in [0, 0.1) is 5.82 Å². The van der Waals surface area contributed by atoms with Gasteiger partial charge < -0.3 is 5.32 Å². The first-order valence-corrected chi connectivity index (χ1v) is 10.9. The first kappa shape index (κ1) is 22.6. The second-order valence-corrected chi connectivity index (χ2v) is 8.94. The zero-order chi connectivity index (χ0) is 23.0. The molecule has 0 aromatic heterocycles. The monoisotopic (exact) mass is 485 g/mol. The van der Waals surface area contributed by atoms with E-state index >= 15 is 0 Å². The number of nitrogens with zero attached hydrogens (tertiary/aromatic N) is 2. The summed E-state index contributed by atoms with van der Waals surface area (Å²) in [4.78, 5) is 31.4. The second-order valence-electron chi connectivity index (χ2n) is 7.36. The highest BCUT2D eigenvalue weighted by molar-refractivity contribution is 8.15. The van der Waals surface area contributed by atoms with Crippen molar-refractivity contribution in [3.8, 4) is 0 Å². The van der Waals surface area contributed by atoms with Crippen molar-refractivity contribution in [2.75, 3.05) is 5.32 Å². The Bertz CT molecular complexity index is 1090. The van der Waals surface area contributed by atoms with Crippen LogP contribution in [0.5, 0.6) is 0 Å². The molecule has 1 N–H and O–H groups in total. The van der Waals surface area contributed by atoms with Crippen molar-refractivity contribution in [1.29, 1.82) is 0 Å². The van der Waals surface area contributed by atoms with Gasteiger partial charge >= 0.3 is 6.18 Å². The highest BCUT2D eigenvalue weighted by Crippen LogP contribution is 2.40. The molecule has 32 heavy (non-hydrogen) atoms. The number of rotatable bonds is 5. The SMILES string of the molecule is O=C(C[C@@H]1SC(=Nc2ccc(F)cc2)N(C2CC2)C1=O)Nc1cc(C(F)(F)F)ccc1Cl. The molecule has 1 atom stereocenters. The molecule has 11 heteroatoms. The minimum Gasteiger partial charge on any atom is -0.325 e. The van der Waals surface area contributed by atoms with Gasteiger partial charge in [0.1, 0.15) is 11.1 Å². The molecule has 2 amide bonds. The Morgan fingerprint density at radius 3 is 2.50 bits per heavy atom. The number of hydrogen-bond acceptors (Lipinski definition) is 4. The molecule has 1 heterocycles. The van der Waals surface area contributed by atoms with Crippen LogP contribution in [0.3, 0.4) is 0 Å². The van der Waals surface area contributed by atoms with Crippen molar-refractivity contribution in [3.63, 3.8) is 0 Å². The van der Waals surface area contributed by atoms with Crippen LogP contribution in [0.1, 0.15) is 24.8 Å². The Morgan fingerprint density at radius 1 is 1.19 bits per heavy atom. The fourth-order valence-electron chi connectivity index (χ4n) is 3.15. The molecule has 0 bridgehead atoms. The predicted octanol–water partition coefficient (Wildman–Crippen LogP) is 5.62. The number of amidine groups is 1. The van der Waals surface area contributed by atoms with E-state index in [0.29, 0.717) is 10.9 Å². The van der Waals surface area contributed by atoms with Crippen LogP contribution in [0.2, 0.25) is 5.02 Å². The summed E-state index contributed by atoms with van der Waals surface area (Å²) in [6, 6.07) is 8.10. The summed E-state index contributed by atoms with van der Waals surface area (Å²) in [5.41, 5.74) is -0.661. The maximum Gasteiger partial charge on any atom is 0.416 e. The van der Waals surface area contributed by atoms with Crippen molar-refractivity contribution in [2.24, 2.45) is 4.99 Å². The van der Waals surface area contributed by atoms with E-state index in [1.165, 1.54) is 24.3 Å². The number of carbonyl (C=O) groups is 2. The van der Waals surface area contributed by atoms with Crippen molar-refractivity contribution in [2.45, 2.75) is 36.7 Å². The summed E-state index contributed by atoms with van der Waals surface area (Å²) in [6.45, 7) is 0. The van der Waals surface area contributed by atoms with Crippen LogP contribution in [0.25, 0.3) is 0 Å². The van der Waals surface area contributed by atoms with Gasteiger partial charge in [-0.1, -0.05) is 23.4 Å². The Morgan fingerprint density at radius 2 is 1.88 bits per heavy atom. The van der Waals surface area contributed by atoms with Gasteiger partial charge in [-0.15, -0.1) is 0 Å². The molecule has 1 saturated carbocycles. The van der Waals surface area contributed by atoms with Gasteiger partial charge in [-0.25, -0.2) is 9.38 Å². The number of thioether (sulfide) groups is 1. The molecule has 5 nitrogen and oxygen atoms in total. The molecule has 2 aromatic rings. The number of hydrogen-bond donors (Lipinski definition) is 1. The van der Waals surface area contributed by atoms with Gasteiger partial charge in [0.25, 0.3) is 0 Å². The topological polar surface area (TPSA) is 61.8 Å². The number of nitrogens with one attached hydrogen (secondary N) is 1. The van der Waals surface area contributed by atoms with Crippen LogP contribution in [-0.2, 0) is 15.8 Å². The third kappa shape index (κ3) is 5.07. The number of amides is 2. The first-order chi connectivity index (χ1) is 15.1. The van der Waals surface area contributed by atoms with Gasteiger partial charge in [-0.2, -0.15) is 13.2 Å². The number of halogens is 5. The van der Waals surface area contributed by atoms with Gasteiger partial charge in [0, 0.05) is 12.5 Å². The lowest BCUT2D eigenvalue weighted by Gasteiger charge is -2.15. The average molecular weight is 486 g/mol. The second kappa shape index (κ2) is 8.74. The molecule has 0 radical (unpaired) electrons. The number of anilines is 1. The zero-order valence-electron chi connectivity index (χ0n) is 16.3. The highest BCUT2D eigenvalue weighted by atomic mass is 35.5. The summed E-state index contributed by atoms with van der Waals surface area (Å²) < 4.78 is 52.0. The third-order valence-electron chi connectivity index (χ3n) is 4.87. The van der Waals surface area contributed by atoms with Crippen molar-refractivity contribution in [1.82, 2.24) is 4.90 Å². The lowest BCUT2D eigenvalue weighted by Crippen LogP contribution is -2.35. The standard InChI is InChI=1S/C21H16ClF4N3O2S/c22-15-8-1-11(21(24,25)26)9-16(15)28-18(30)10-17-19(31)29(14-6-7-14)20(32-17)27-13-4-2-12(23)3-5-13/h1-5,8-9,14,17H,6-7,10H2,(H,28,30)/t17-/m0/s1. The Hall–Kier alpha value is -2.59. The van der Waals surface area contributed by atoms with Crippen LogP contribution in [0.4, 0.5) is 28.9 Å². The molecule has 1 aliphatic heterocycles. The normalized spacial score (nSPS) is 20.2. The van der Waals surface area contributed by atoms with E-state index < -0.39 is 28.7 Å². The van der Waals surface area contributed by atoms with E-state index in [2.05, 4.69) is 10.3 Å². The predicted molar refractivity (Wildman–Crippen MR) is 114 cm³/mol. The number of aliphatic imine (C=N–C) groups is 1. The van der Waals surface area contributed by atoms with Gasteiger partial charge in [-0.05, 0) is 55.3 Å². The van der Waals surface area contributed by atoms with Crippen molar-refractivity contribution < 1.29 is 27.2 Å². The van der Waals surface area contributed by atoms with Gasteiger partial charge in [0.05, 0.1) is 22.0 Å². The summed E-state index contributed by atoms with van der Waals surface area (Å²) in [5.74, 6) is -1.34. The quantitative estimate of drug-likeness (QED) is 0.559. The molecule has 1 aliphatic carbocycles. The fourth-order valence-corrected chi connectivity index (χ4v) is 4.53. The van der Waals surface area contributed by atoms with E-state index in [0.717, 1.165) is 42.8 Å². The fraction of sp³-hybridized carbons (Fsp3) is 0.286. The summed E-state index contributed by atoms with van der Waals surface area (Å²) >= 11 is 7.03. The van der Waals surface area contributed by atoms with E-state index in [-0.39, 0.29) is 29.1 Å². The van der Waals surface area contributed by atoms with E-state index in [4.69, 9.17) is 11.6 Å². The maximum absolute atomic E-state index is 13.1. The van der Waals surface area contributed by atoms with Crippen molar-refractivity contribution >= 4 is 51.7 Å². The molecular formula is C21H16ClF4N3O2S. The Balaban J connectivity index is 1.49. The van der Waals surface area contributed by atoms with Crippen LogP contribution < -0.4 is 5.32 Å². The van der Waals surface area contributed by atoms with Gasteiger partial charge in [-0.3, -0.25) is 14.5 Å². The number of benzene rings is 2. The molecule has 2 aliphatic rings.